The lowest BCUT2D eigenvalue weighted by molar-refractivity contribution is 0.171. The van der Waals surface area contributed by atoms with Gasteiger partial charge in [-0.05, 0) is 18.8 Å². The van der Waals surface area contributed by atoms with E-state index in [-0.39, 0.29) is 0 Å². The number of rotatable bonds is 0. The summed E-state index contributed by atoms with van der Waals surface area (Å²) >= 11 is 0. The largest absolute Gasteiger partial charge is 0.120 e. The van der Waals surface area contributed by atoms with E-state index in [1.807, 2.05) is 27.7 Å². The van der Waals surface area contributed by atoms with Gasteiger partial charge in [0.2, 0.25) is 0 Å². The molecule has 0 unspecified atom stereocenters. The molecule has 102 valence electrons. The molecule has 2 saturated carbocycles. The number of hydrogen-bond acceptors (Lipinski definition) is 0. The van der Waals surface area contributed by atoms with E-state index < -0.39 is 0 Å². The van der Waals surface area contributed by atoms with Crippen LogP contribution in [-0.4, -0.2) is 0 Å². The predicted octanol–water partition coefficient (Wildman–Crippen LogP) is 6.06. The molecule has 2 aliphatic rings. The molecule has 17 heavy (non-hydrogen) atoms. The second kappa shape index (κ2) is 15.6. The molecule has 0 heterocycles. The Morgan fingerprint density at radius 3 is 1.06 bits per heavy atom. The maximum Gasteiger partial charge on any atom is -0.00297 e. The van der Waals surface area contributed by atoms with Crippen molar-refractivity contribution >= 4 is 0 Å². The zero-order valence-electron chi connectivity index (χ0n) is 12.9. The van der Waals surface area contributed by atoms with Crippen molar-refractivity contribution in [3.63, 3.8) is 0 Å². The second-order valence-corrected chi connectivity index (χ2v) is 4.38. The van der Waals surface area contributed by atoms with Crippen LogP contribution in [-0.2, 0) is 0 Å². The van der Waals surface area contributed by atoms with Crippen molar-refractivity contribution < 1.29 is 0 Å². The molecule has 0 nitrogen and oxygen atoms in total. The van der Waals surface area contributed by atoms with E-state index in [1.54, 1.807) is 32.6 Å². The van der Waals surface area contributed by atoms with Crippen LogP contribution < -0.4 is 0 Å². The van der Waals surface area contributed by atoms with Gasteiger partial charge in [-0.15, -0.1) is 12.3 Å². The molecule has 0 radical (unpaired) electrons. The fourth-order valence-corrected chi connectivity index (χ4v) is 2.86. The standard InChI is InChI=1S/C10H18.C3H4.2C2H6/c1-2-6-10-8-4-3-7-9(10)5-1;1-3-2;2*1-2/h9-10H,1-8H2;1H,2H3;2*1-2H3. The first-order chi connectivity index (χ1) is 8.38. The van der Waals surface area contributed by atoms with Crippen LogP contribution in [0.1, 0.15) is 86.0 Å². The van der Waals surface area contributed by atoms with Crippen LogP contribution in [0.25, 0.3) is 0 Å². The molecule has 2 rings (SSSR count). The molecule has 0 N–H and O–H groups in total. The summed E-state index contributed by atoms with van der Waals surface area (Å²) in [5, 5.41) is 0. The average Bonchev–Trinajstić information content (AvgIpc) is 2.44. The van der Waals surface area contributed by atoms with Gasteiger partial charge in [-0.3, -0.25) is 0 Å². The Bertz CT molecular complexity index is 137. The third-order valence-electron chi connectivity index (χ3n) is 3.47. The van der Waals surface area contributed by atoms with Crippen molar-refractivity contribution in [2.75, 3.05) is 0 Å². The Kier molecular flexibility index (Phi) is 17.3. The van der Waals surface area contributed by atoms with Gasteiger partial charge in [0.1, 0.15) is 0 Å². The summed E-state index contributed by atoms with van der Waals surface area (Å²) in [6.07, 6.45) is 17.0. The van der Waals surface area contributed by atoms with Crippen molar-refractivity contribution in [3.05, 3.63) is 0 Å². The summed E-state index contributed by atoms with van der Waals surface area (Å²) in [6, 6.07) is 0. The minimum atomic E-state index is 1.16. The normalized spacial score (nSPS) is 25.2. The summed E-state index contributed by atoms with van der Waals surface area (Å²) in [5.74, 6) is 4.56. The maximum absolute atomic E-state index is 4.60. The van der Waals surface area contributed by atoms with Gasteiger partial charge in [0, 0.05) is 0 Å². The second-order valence-electron chi connectivity index (χ2n) is 4.38. The Hall–Kier alpha value is -0.440. The van der Waals surface area contributed by atoms with Crippen LogP contribution in [0.2, 0.25) is 0 Å². The number of terminal acetylenes is 1. The highest BCUT2D eigenvalue weighted by Crippen LogP contribution is 2.39. The fraction of sp³-hybridized carbons (Fsp3) is 0.882. The molecule has 2 aliphatic carbocycles. The minimum Gasteiger partial charge on any atom is -0.120 e. The van der Waals surface area contributed by atoms with Crippen LogP contribution in [0.4, 0.5) is 0 Å². The first-order valence-electron chi connectivity index (χ1n) is 7.76. The molecular formula is C17H34. The Morgan fingerprint density at radius 1 is 0.706 bits per heavy atom. The van der Waals surface area contributed by atoms with Gasteiger partial charge in [-0.1, -0.05) is 79.1 Å². The quantitative estimate of drug-likeness (QED) is 0.450. The zero-order chi connectivity index (χ0) is 13.5. The first kappa shape index (κ1) is 18.9. The van der Waals surface area contributed by atoms with Crippen LogP contribution in [0.5, 0.6) is 0 Å². The fourth-order valence-electron chi connectivity index (χ4n) is 2.86. The molecule has 0 aromatic heterocycles. The lowest BCUT2D eigenvalue weighted by Crippen LogP contribution is -2.22. The molecule has 0 heteroatoms. The zero-order valence-corrected chi connectivity index (χ0v) is 12.9. The number of hydrogen-bond donors (Lipinski definition) is 0. The van der Waals surface area contributed by atoms with Crippen molar-refractivity contribution in [2.24, 2.45) is 11.8 Å². The van der Waals surface area contributed by atoms with E-state index in [0.29, 0.717) is 0 Å². The van der Waals surface area contributed by atoms with Crippen molar-refractivity contribution in [2.45, 2.75) is 86.0 Å². The first-order valence-corrected chi connectivity index (χ1v) is 7.76. The van der Waals surface area contributed by atoms with Gasteiger partial charge < -0.3 is 0 Å². The Labute approximate surface area is 111 Å². The van der Waals surface area contributed by atoms with Gasteiger partial charge in [0.15, 0.2) is 0 Å². The highest BCUT2D eigenvalue weighted by Gasteiger charge is 2.26. The third-order valence-corrected chi connectivity index (χ3v) is 3.47. The molecular weight excluding hydrogens is 204 g/mol. The smallest absolute Gasteiger partial charge is 0.00297 e. The van der Waals surface area contributed by atoms with Crippen molar-refractivity contribution in [1.29, 1.82) is 0 Å². The SMILES string of the molecule is C#CC.C1CCC2CCCCC2C1.CC.CC. The molecule has 0 saturated heterocycles. The maximum atomic E-state index is 4.60. The van der Waals surface area contributed by atoms with E-state index >= 15 is 0 Å². The van der Waals surface area contributed by atoms with Crippen LogP contribution in [0, 0.1) is 24.2 Å². The Balaban J connectivity index is 0. The lowest BCUT2D eigenvalue weighted by atomic mass is 9.71. The van der Waals surface area contributed by atoms with Gasteiger partial charge in [0.25, 0.3) is 0 Å². The van der Waals surface area contributed by atoms with Crippen LogP contribution in [0.15, 0.2) is 0 Å². The minimum absolute atomic E-state index is 1.16. The van der Waals surface area contributed by atoms with Gasteiger partial charge in [-0.25, -0.2) is 0 Å². The Morgan fingerprint density at radius 2 is 0.882 bits per heavy atom. The van der Waals surface area contributed by atoms with Crippen LogP contribution in [0.3, 0.4) is 0 Å². The van der Waals surface area contributed by atoms with E-state index in [9.17, 15) is 0 Å². The van der Waals surface area contributed by atoms with Gasteiger partial charge in [-0.2, -0.15) is 0 Å². The molecule has 0 spiro atoms. The lowest BCUT2D eigenvalue weighted by Gasteiger charge is -2.35. The summed E-state index contributed by atoms with van der Waals surface area (Å²) < 4.78 is 0. The summed E-state index contributed by atoms with van der Waals surface area (Å²) in [7, 11) is 0. The summed E-state index contributed by atoms with van der Waals surface area (Å²) in [6.45, 7) is 9.65. The van der Waals surface area contributed by atoms with E-state index in [2.05, 4.69) is 12.3 Å². The number of fused-ring (bicyclic) bond motifs is 1. The van der Waals surface area contributed by atoms with Gasteiger partial charge in [0.05, 0.1) is 0 Å². The molecule has 0 atom stereocenters. The van der Waals surface area contributed by atoms with Crippen LogP contribution >= 0.6 is 0 Å². The van der Waals surface area contributed by atoms with Crippen molar-refractivity contribution in [1.82, 2.24) is 0 Å². The molecule has 2 fully saturated rings. The van der Waals surface area contributed by atoms with E-state index in [4.69, 9.17) is 0 Å². The average molecular weight is 238 g/mol. The summed E-state index contributed by atoms with van der Waals surface area (Å²) in [5.41, 5.74) is 0. The molecule has 0 aromatic carbocycles. The van der Waals surface area contributed by atoms with Crippen molar-refractivity contribution in [3.8, 4) is 12.3 Å². The highest BCUT2D eigenvalue weighted by molar-refractivity contribution is 4.78. The molecule has 0 aliphatic heterocycles. The highest BCUT2D eigenvalue weighted by atomic mass is 14.3. The topological polar surface area (TPSA) is 0 Å². The van der Waals surface area contributed by atoms with E-state index in [0.717, 1.165) is 11.8 Å². The molecule has 0 bridgehead atoms. The molecule has 0 aromatic rings. The predicted molar refractivity (Wildman–Crippen MR) is 81.1 cm³/mol. The van der Waals surface area contributed by atoms with Gasteiger partial charge >= 0.3 is 0 Å². The molecule has 0 amide bonds. The summed E-state index contributed by atoms with van der Waals surface area (Å²) in [4.78, 5) is 0. The third kappa shape index (κ3) is 9.28. The monoisotopic (exact) mass is 238 g/mol. The van der Waals surface area contributed by atoms with E-state index in [1.165, 1.54) is 25.7 Å².